The van der Waals surface area contributed by atoms with E-state index < -0.39 is 0 Å². The molecule has 22 heavy (non-hydrogen) atoms. The van der Waals surface area contributed by atoms with Crippen molar-refractivity contribution in [1.82, 2.24) is 10.2 Å². The minimum absolute atomic E-state index is 0.225. The second-order valence-corrected chi connectivity index (χ2v) is 5.02. The van der Waals surface area contributed by atoms with Crippen LogP contribution in [0.15, 0.2) is 48.5 Å². The molecule has 0 aromatic heterocycles. The minimum atomic E-state index is -0.366. The summed E-state index contributed by atoms with van der Waals surface area (Å²) >= 11 is 0. The summed E-state index contributed by atoms with van der Waals surface area (Å²) in [5, 5.41) is 2.50. The molecule has 5 nitrogen and oxygen atoms in total. The van der Waals surface area contributed by atoms with E-state index >= 15 is 0 Å². The van der Waals surface area contributed by atoms with Gasteiger partial charge in [0.25, 0.3) is 17.7 Å². The molecule has 1 N–H and O–H groups in total. The van der Waals surface area contributed by atoms with E-state index in [9.17, 15) is 14.4 Å². The van der Waals surface area contributed by atoms with Crippen LogP contribution >= 0.6 is 0 Å². The first kappa shape index (κ1) is 14.0. The Hall–Kier alpha value is -2.95. The molecule has 0 saturated heterocycles. The largest absolute Gasteiger partial charge is 0.355 e. The van der Waals surface area contributed by atoms with Crippen molar-refractivity contribution in [3.05, 3.63) is 70.8 Å². The molecule has 0 unspecified atom stereocenters. The Kier molecular flexibility index (Phi) is 3.47. The Morgan fingerprint density at radius 2 is 1.68 bits per heavy atom. The van der Waals surface area contributed by atoms with Crippen molar-refractivity contribution in [1.29, 1.82) is 0 Å². The lowest BCUT2D eigenvalue weighted by Gasteiger charge is -2.13. The molecule has 110 valence electrons. The molecule has 1 aliphatic heterocycles. The molecule has 0 radical (unpaired) electrons. The molecular weight excluding hydrogens is 280 g/mol. The minimum Gasteiger partial charge on any atom is -0.355 e. The first-order valence-electron chi connectivity index (χ1n) is 6.88. The second kappa shape index (κ2) is 5.44. The quantitative estimate of drug-likeness (QED) is 0.878. The van der Waals surface area contributed by atoms with E-state index in [1.165, 1.54) is 24.1 Å². The fourth-order valence-electron chi connectivity index (χ4n) is 2.49. The fraction of sp³-hybridized carbons (Fsp3) is 0.118. The predicted molar refractivity (Wildman–Crippen MR) is 80.5 cm³/mol. The summed E-state index contributed by atoms with van der Waals surface area (Å²) in [6.07, 6.45) is 0. The lowest BCUT2D eigenvalue weighted by Crippen LogP contribution is -2.29. The van der Waals surface area contributed by atoms with E-state index in [2.05, 4.69) is 5.32 Å². The molecule has 0 spiro atoms. The summed E-state index contributed by atoms with van der Waals surface area (Å²) in [5.41, 5.74) is 1.86. The van der Waals surface area contributed by atoms with Gasteiger partial charge < -0.3 is 5.32 Å². The number of hydrogen-bond acceptors (Lipinski definition) is 3. The molecule has 5 heteroatoms. The molecule has 0 saturated carbocycles. The third-order valence-corrected chi connectivity index (χ3v) is 3.64. The van der Waals surface area contributed by atoms with E-state index in [0.717, 1.165) is 5.56 Å². The monoisotopic (exact) mass is 294 g/mol. The normalized spacial score (nSPS) is 13.2. The van der Waals surface area contributed by atoms with Crippen molar-refractivity contribution in [2.24, 2.45) is 0 Å². The van der Waals surface area contributed by atoms with Gasteiger partial charge in [0.1, 0.15) is 0 Å². The molecular formula is C17H14N2O3. The Balaban J connectivity index is 1.93. The Morgan fingerprint density at radius 1 is 1.00 bits per heavy atom. The number of carbonyl (C=O) groups is 3. The second-order valence-electron chi connectivity index (χ2n) is 5.02. The van der Waals surface area contributed by atoms with Gasteiger partial charge in [-0.2, -0.15) is 0 Å². The van der Waals surface area contributed by atoms with E-state index in [4.69, 9.17) is 0 Å². The zero-order valence-electron chi connectivity index (χ0n) is 12.0. The van der Waals surface area contributed by atoms with Crippen molar-refractivity contribution < 1.29 is 14.4 Å². The number of rotatable bonds is 3. The number of carbonyl (C=O) groups excluding carboxylic acids is 3. The number of fused-ring (bicyclic) bond motifs is 1. The van der Waals surface area contributed by atoms with E-state index in [0.29, 0.717) is 11.1 Å². The molecule has 2 aromatic carbocycles. The van der Waals surface area contributed by atoms with Gasteiger partial charge in [0.2, 0.25) is 0 Å². The molecule has 3 rings (SSSR count). The van der Waals surface area contributed by atoms with Crippen molar-refractivity contribution in [2.45, 2.75) is 6.54 Å². The molecule has 1 aliphatic rings. The number of nitrogens with one attached hydrogen (secondary N) is 1. The molecule has 0 fully saturated rings. The summed E-state index contributed by atoms with van der Waals surface area (Å²) < 4.78 is 0. The number of imide groups is 1. The van der Waals surface area contributed by atoms with Crippen LogP contribution in [-0.4, -0.2) is 29.7 Å². The van der Waals surface area contributed by atoms with E-state index in [-0.39, 0.29) is 29.8 Å². The summed E-state index contributed by atoms with van der Waals surface area (Å²) in [7, 11) is 1.52. The van der Waals surface area contributed by atoms with Gasteiger partial charge >= 0.3 is 0 Å². The van der Waals surface area contributed by atoms with Crippen LogP contribution in [0.2, 0.25) is 0 Å². The highest BCUT2D eigenvalue weighted by atomic mass is 16.2. The van der Waals surface area contributed by atoms with Crippen molar-refractivity contribution in [2.75, 3.05) is 7.05 Å². The van der Waals surface area contributed by atoms with Crippen LogP contribution < -0.4 is 5.32 Å². The summed E-state index contributed by atoms with van der Waals surface area (Å²) in [4.78, 5) is 37.7. The maximum Gasteiger partial charge on any atom is 0.261 e. The maximum absolute atomic E-state index is 12.4. The standard InChI is InChI=1S/C17H14N2O3/c1-18-15(20)12-7-8-13-14(9-12)17(22)19(16(13)21)10-11-5-3-2-4-6-11/h2-9H,10H2,1H3,(H,18,20). The van der Waals surface area contributed by atoms with Crippen molar-refractivity contribution in [3.63, 3.8) is 0 Å². The Morgan fingerprint density at radius 3 is 2.36 bits per heavy atom. The topological polar surface area (TPSA) is 66.5 Å². The van der Waals surface area contributed by atoms with Gasteiger partial charge in [-0.05, 0) is 23.8 Å². The highest BCUT2D eigenvalue weighted by molar-refractivity contribution is 6.22. The van der Waals surface area contributed by atoms with Crippen LogP contribution in [0.5, 0.6) is 0 Å². The van der Waals surface area contributed by atoms with Crippen LogP contribution in [0, 0.1) is 0 Å². The van der Waals surface area contributed by atoms with Gasteiger partial charge in [0, 0.05) is 12.6 Å². The molecule has 2 aromatic rings. The van der Waals surface area contributed by atoms with E-state index in [1.807, 2.05) is 30.3 Å². The number of benzene rings is 2. The van der Waals surface area contributed by atoms with Gasteiger partial charge in [-0.25, -0.2) is 0 Å². The summed E-state index contributed by atoms with van der Waals surface area (Å²) in [6, 6.07) is 13.9. The lowest BCUT2D eigenvalue weighted by molar-refractivity contribution is 0.0642. The maximum atomic E-state index is 12.4. The van der Waals surface area contributed by atoms with Crippen LogP contribution in [0.25, 0.3) is 0 Å². The molecule has 1 heterocycles. The van der Waals surface area contributed by atoms with Crippen molar-refractivity contribution >= 4 is 17.7 Å². The highest BCUT2D eigenvalue weighted by Crippen LogP contribution is 2.25. The van der Waals surface area contributed by atoms with Gasteiger partial charge in [-0.15, -0.1) is 0 Å². The fourth-order valence-corrected chi connectivity index (χ4v) is 2.49. The van der Waals surface area contributed by atoms with Crippen LogP contribution in [0.3, 0.4) is 0 Å². The van der Waals surface area contributed by atoms with Crippen LogP contribution in [0.4, 0.5) is 0 Å². The van der Waals surface area contributed by atoms with Crippen molar-refractivity contribution in [3.8, 4) is 0 Å². The third kappa shape index (κ3) is 2.26. The summed E-state index contributed by atoms with van der Waals surface area (Å²) in [5.74, 6) is -0.980. The zero-order valence-corrected chi connectivity index (χ0v) is 12.0. The van der Waals surface area contributed by atoms with E-state index in [1.54, 1.807) is 6.07 Å². The number of amides is 3. The lowest BCUT2D eigenvalue weighted by atomic mass is 10.1. The van der Waals surface area contributed by atoms with Crippen LogP contribution in [0.1, 0.15) is 36.6 Å². The summed E-state index contributed by atoms with van der Waals surface area (Å²) in [6.45, 7) is 0.225. The number of hydrogen-bond donors (Lipinski definition) is 1. The highest BCUT2D eigenvalue weighted by Gasteiger charge is 2.35. The van der Waals surface area contributed by atoms with Gasteiger partial charge in [0.05, 0.1) is 17.7 Å². The average Bonchev–Trinajstić information content (AvgIpc) is 2.79. The smallest absolute Gasteiger partial charge is 0.261 e. The SMILES string of the molecule is CNC(=O)c1ccc2c(c1)C(=O)N(Cc1ccccc1)C2=O. The van der Waals surface area contributed by atoms with Gasteiger partial charge in [0.15, 0.2) is 0 Å². The van der Waals surface area contributed by atoms with Crippen LogP contribution in [-0.2, 0) is 6.54 Å². The zero-order chi connectivity index (χ0) is 15.7. The first-order chi connectivity index (χ1) is 10.6. The first-order valence-corrected chi connectivity index (χ1v) is 6.88. The Bertz CT molecular complexity index is 769. The van der Waals surface area contributed by atoms with Gasteiger partial charge in [-0.1, -0.05) is 30.3 Å². The third-order valence-electron chi connectivity index (χ3n) is 3.64. The molecule has 0 bridgehead atoms. The van der Waals surface area contributed by atoms with Gasteiger partial charge in [-0.3, -0.25) is 19.3 Å². The Labute approximate surface area is 127 Å². The average molecular weight is 294 g/mol. The molecule has 0 aliphatic carbocycles. The molecule has 0 atom stereocenters. The number of nitrogens with zero attached hydrogens (tertiary/aromatic N) is 1. The predicted octanol–water partition coefficient (Wildman–Crippen LogP) is 1.84. The molecule has 3 amide bonds.